The maximum atomic E-state index is 10.2. The highest BCUT2D eigenvalue weighted by Crippen LogP contribution is 2.37. The minimum absolute atomic E-state index is 0.396. The molecule has 0 radical (unpaired) electrons. The molecule has 0 spiro atoms. The number of hydrogen-bond acceptors (Lipinski definition) is 3. The quantitative estimate of drug-likeness (QED) is 0.816. The molecular formula is C15H23ClO3. The van der Waals surface area contributed by atoms with Gasteiger partial charge in [0.1, 0.15) is 0 Å². The van der Waals surface area contributed by atoms with Gasteiger partial charge in [0, 0.05) is 11.6 Å². The highest BCUT2D eigenvalue weighted by atomic mass is 35.5. The van der Waals surface area contributed by atoms with Crippen LogP contribution in [0.1, 0.15) is 45.8 Å². The first kappa shape index (κ1) is 16.1. The Labute approximate surface area is 120 Å². The number of benzene rings is 1. The molecule has 19 heavy (non-hydrogen) atoms. The van der Waals surface area contributed by atoms with Gasteiger partial charge in [-0.15, -0.1) is 0 Å². The van der Waals surface area contributed by atoms with Crippen LogP contribution in [0.3, 0.4) is 0 Å². The Morgan fingerprint density at radius 3 is 2.11 bits per heavy atom. The third-order valence-corrected chi connectivity index (χ3v) is 3.04. The summed E-state index contributed by atoms with van der Waals surface area (Å²) in [7, 11) is 0. The summed E-state index contributed by atoms with van der Waals surface area (Å²) in [4.78, 5) is 0. The van der Waals surface area contributed by atoms with E-state index >= 15 is 0 Å². The van der Waals surface area contributed by atoms with Crippen LogP contribution in [0.2, 0.25) is 5.02 Å². The molecule has 0 saturated carbocycles. The third kappa shape index (κ3) is 4.59. The van der Waals surface area contributed by atoms with Crippen molar-refractivity contribution in [3.05, 3.63) is 22.7 Å². The number of halogens is 1. The second-order valence-corrected chi connectivity index (χ2v) is 5.24. The van der Waals surface area contributed by atoms with Crippen LogP contribution < -0.4 is 9.47 Å². The Balaban J connectivity index is 3.08. The molecule has 1 aromatic rings. The number of aliphatic hydroxyl groups is 1. The van der Waals surface area contributed by atoms with E-state index < -0.39 is 6.10 Å². The topological polar surface area (TPSA) is 38.7 Å². The third-order valence-electron chi connectivity index (χ3n) is 2.72. The second kappa shape index (κ2) is 7.61. The lowest BCUT2D eigenvalue weighted by Crippen LogP contribution is -2.05. The van der Waals surface area contributed by atoms with Gasteiger partial charge in [0.25, 0.3) is 0 Å². The first-order chi connectivity index (χ1) is 8.99. The normalized spacial score (nSPS) is 12.6. The summed E-state index contributed by atoms with van der Waals surface area (Å²) in [6.45, 7) is 9.04. The van der Waals surface area contributed by atoms with E-state index in [0.717, 1.165) is 0 Å². The van der Waals surface area contributed by atoms with E-state index in [1.54, 1.807) is 12.1 Å². The van der Waals surface area contributed by atoms with Gasteiger partial charge in [-0.3, -0.25) is 0 Å². The van der Waals surface area contributed by atoms with Crippen LogP contribution in [0, 0.1) is 5.92 Å². The molecule has 1 atom stereocenters. The van der Waals surface area contributed by atoms with Gasteiger partial charge in [-0.1, -0.05) is 25.4 Å². The van der Waals surface area contributed by atoms with Crippen LogP contribution >= 0.6 is 11.6 Å². The number of rotatable bonds is 7. The summed E-state index contributed by atoms with van der Waals surface area (Å²) in [5, 5.41) is 10.7. The van der Waals surface area contributed by atoms with Crippen molar-refractivity contribution in [2.75, 3.05) is 13.2 Å². The maximum absolute atomic E-state index is 10.2. The van der Waals surface area contributed by atoms with Crippen molar-refractivity contribution >= 4 is 11.6 Å². The van der Waals surface area contributed by atoms with Gasteiger partial charge < -0.3 is 14.6 Å². The first-order valence-electron chi connectivity index (χ1n) is 6.76. The molecule has 0 saturated heterocycles. The van der Waals surface area contributed by atoms with Crippen molar-refractivity contribution in [1.29, 1.82) is 0 Å². The summed E-state index contributed by atoms with van der Waals surface area (Å²) in [6, 6.07) is 3.50. The smallest absolute Gasteiger partial charge is 0.162 e. The van der Waals surface area contributed by atoms with Crippen molar-refractivity contribution in [2.45, 2.75) is 40.2 Å². The molecule has 1 aromatic carbocycles. The SMILES string of the molecule is CCOc1cc(Cl)c(C(O)CC(C)C)cc1OCC. The van der Waals surface area contributed by atoms with E-state index in [4.69, 9.17) is 21.1 Å². The first-order valence-corrected chi connectivity index (χ1v) is 7.14. The molecular weight excluding hydrogens is 264 g/mol. The average molecular weight is 287 g/mol. The van der Waals surface area contributed by atoms with Gasteiger partial charge in [-0.05, 0) is 32.3 Å². The molecule has 0 fully saturated rings. The lowest BCUT2D eigenvalue weighted by atomic mass is 9.99. The fourth-order valence-corrected chi connectivity index (χ4v) is 2.20. The molecule has 0 amide bonds. The van der Waals surface area contributed by atoms with Gasteiger partial charge in [0.2, 0.25) is 0 Å². The highest BCUT2D eigenvalue weighted by molar-refractivity contribution is 6.31. The number of hydrogen-bond donors (Lipinski definition) is 1. The van der Waals surface area contributed by atoms with Gasteiger partial charge in [0.15, 0.2) is 11.5 Å². The van der Waals surface area contributed by atoms with Gasteiger partial charge in [-0.2, -0.15) is 0 Å². The van der Waals surface area contributed by atoms with Crippen LogP contribution in [-0.4, -0.2) is 18.3 Å². The van der Waals surface area contributed by atoms with E-state index in [1.165, 1.54) is 0 Å². The zero-order valence-electron chi connectivity index (χ0n) is 12.1. The van der Waals surface area contributed by atoms with Gasteiger partial charge in [-0.25, -0.2) is 0 Å². The zero-order chi connectivity index (χ0) is 14.4. The number of ether oxygens (including phenoxy) is 2. The summed E-state index contributed by atoms with van der Waals surface area (Å²) in [5.41, 5.74) is 0.697. The average Bonchev–Trinajstić information content (AvgIpc) is 2.31. The zero-order valence-corrected chi connectivity index (χ0v) is 12.8. The molecule has 1 rings (SSSR count). The molecule has 4 heteroatoms. The van der Waals surface area contributed by atoms with Crippen molar-refractivity contribution in [1.82, 2.24) is 0 Å². The lowest BCUT2D eigenvalue weighted by Gasteiger charge is -2.18. The van der Waals surface area contributed by atoms with Crippen LogP contribution in [0.4, 0.5) is 0 Å². The van der Waals surface area contributed by atoms with Crippen molar-refractivity contribution < 1.29 is 14.6 Å². The van der Waals surface area contributed by atoms with E-state index in [1.807, 2.05) is 13.8 Å². The highest BCUT2D eigenvalue weighted by Gasteiger charge is 2.17. The molecule has 0 aliphatic rings. The van der Waals surface area contributed by atoms with Crippen LogP contribution in [0.5, 0.6) is 11.5 Å². The molecule has 0 bridgehead atoms. The second-order valence-electron chi connectivity index (χ2n) is 4.83. The van der Waals surface area contributed by atoms with Crippen LogP contribution in [0.25, 0.3) is 0 Å². The van der Waals surface area contributed by atoms with E-state index in [2.05, 4.69) is 13.8 Å². The molecule has 1 unspecified atom stereocenters. The summed E-state index contributed by atoms with van der Waals surface area (Å²) in [5.74, 6) is 1.65. The minimum Gasteiger partial charge on any atom is -0.490 e. The van der Waals surface area contributed by atoms with E-state index in [9.17, 15) is 5.11 Å². The minimum atomic E-state index is -0.581. The number of aliphatic hydroxyl groups excluding tert-OH is 1. The Bertz CT molecular complexity index is 405. The van der Waals surface area contributed by atoms with Gasteiger partial charge in [0.05, 0.1) is 24.3 Å². The van der Waals surface area contributed by atoms with Crippen molar-refractivity contribution in [3.63, 3.8) is 0 Å². The summed E-state index contributed by atoms with van der Waals surface area (Å²) in [6.07, 6.45) is 0.0848. The molecule has 108 valence electrons. The molecule has 1 N–H and O–H groups in total. The Hall–Kier alpha value is -0.930. The van der Waals surface area contributed by atoms with Crippen molar-refractivity contribution in [2.24, 2.45) is 5.92 Å². The molecule has 0 aromatic heterocycles. The predicted octanol–water partition coefficient (Wildman–Crippen LogP) is 4.22. The van der Waals surface area contributed by atoms with Crippen molar-refractivity contribution in [3.8, 4) is 11.5 Å². The summed E-state index contributed by atoms with van der Waals surface area (Å²) >= 11 is 6.22. The standard InChI is InChI=1S/C15H23ClO3/c1-5-18-14-8-11(13(17)7-10(3)4)12(16)9-15(14)19-6-2/h8-10,13,17H,5-7H2,1-4H3. The molecule has 0 aliphatic carbocycles. The van der Waals surface area contributed by atoms with Crippen LogP contribution in [0.15, 0.2) is 12.1 Å². The Morgan fingerprint density at radius 2 is 1.63 bits per heavy atom. The monoisotopic (exact) mass is 286 g/mol. The molecule has 0 heterocycles. The fourth-order valence-electron chi connectivity index (χ4n) is 1.92. The maximum Gasteiger partial charge on any atom is 0.162 e. The molecule has 0 aliphatic heterocycles. The Morgan fingerprint density at radius 1 is 1.11 bits per heavy atom. The predicted molar refractivity (Wildman–Crippen MR) is 78.2 cm³/mol. The van der Waals surface area contributed by atoms with E-state index in [-0.39, 0.29) is 0 Å². The van der Waals surface area contributed by atoms with Crippen LogP contribution in [-0.2, 0) is 0 Å². The van der Waals surface area contributed by atoms with Gasteiger partial charge >= 0.3 is 0 Å². The van der Waals surface area contributed by atoms with E-state index in [0.29, 0.717) is 47.6 Å². The Kier molecular flexibility index (Phi) is 6.46. The fraction of sp³-hybridized carbons (Fsp3) is 0.600. The largest absolute Gasteiger partial charge is 0.490 e. The molecule has 3 nitrogen and oxygen atoms in total. The summed E-state index contributed by atoms with van der Waals surface area (Å²) < 4.78 is 11.0. The lowest BCUT2D eigenvalue weighted by molar-refractivity contribution is 0.150.